The molecule has 0 aliphatic heterocycles. The fraction of sp³-hybridized carbons (Fsp3) is 0.267. The van der Waals surface area contributed by atoms with E-state index in [1.165, 1.54) is 11.1 Å². The second kappa shape index (κ2) is 5.19. The van der Waals surface area contributed by atoms with Crippen LogP contribution >= 0.6 is 0 Å². The van der Waals surface area contributed by atoms with E-state index in [4.69, 9.17) is 4.74 Å². The molecule has 1 N–H and O–H groups in total. The van der Waals surface area contributed by atoms with E-state index in [1.54, 1.807) is 19.2 Å². The summed E-state index contributed by atoms with van der Waals surface area (Å²) in [6, 6.07) is 9.64. The van der Waals surface area contributed by atoms with Gasteiger partial charge in [0, 0.05) is 0 Å². The van der Waals surface area contributed by atoms with Gasteiger partial charge in [0.1, 0.15) is 11.5 Å². The fourth-order valence-corrected chi connectivity index (χ4v) is 1.83. The van der Waals surface area contributed by atoms with Crippen molar-refractivity contribution >= 4 is 0 Å². The molecular weight excluding hydrogens is 226 g/mol. The number of aryl methyl sites for hydroxylation is 2. The first kappa shape index (κ1) is 12.6. The van der Waals surface area contributed by atoms with Crippen LogP contribution in [-0.4, -0.2) is 10.1 Å². The van der Waals surface area contributed by atoms with Crippen molar-refractivity contribution in [2.24, 2.45) is 0 Å². The van der Waals surface area contributed by atoms with Crippen LogP contribution in [0.3, 0.4) is 0 Å². The summed E-state index contributed by atoms with van der Waals surface area (Å²) >= 11 is 0. The number of aliphatic hydroxyl groups excluding tert-OH is 1. The predicted octanol–water partition coefficient (Wildman–Crippen LogP) is 3.54. The summed E-state index contributed by atoms with van der Waals surface area (Å²) in [6.07, 6.45) is 1.07. The lowest BCUT2D eigenvalue weighted by Crippen LogP contribution is -1.95. The van der Waals surface area contributed by atoms with Crippen LogP contribution in [-0.2, 0) is 0 Å². The van der Waals surface area contributed by atoms with Crippen molar-refractivity contribution in [3.8, 4) is 11.5 Å². The monoisotopic (exact) mass is 243 g/mol. The molecule has 1 aromatic heterocycles. The van der Waals surface area contributed by atoms with Crippen LogP contribution in [0.15, 0.2) is 36.5 Å². The molecule has 0 spiro atoms. The fourth-order valence-electron chi connectivity index (χ4n) is 1.83. The zero-order chi connectivity index (χ0) is 13.1. The van der Waals surface area contributed by atoms with Gasteiger partial charge < -0.3 is 9.84 Å². The van der Waals surface area contributed by atoms with E-state index < -0.39 is 6.10 Å². The van der Waals surface area contributed by atoms with Crippen molar-refractivity contribution in [2.45, 2.75) is 26.9 Å². The molecule has 3 heteroatoms. The standard InChI is InChI=1S/C15H17NO2/c1-10-6-11(2)8-14(7-10)18-13-4-5-15(12(3)17)16-9-13/h4-9,12,17H,1-3H3/t12-/m0/s1. The molecule has 1 heterocycles. The van der Waals surface area contributed by atoms with Gasteiger partial charge in [-0.15, -0.1) is 0 Å². The number of aromatic nitrogens is 1. The SMILES string of the molecule is Cc1cc(C)cc(Oc2ccc([C@H](C)O)nc2)c1. The molecule has 0 aliphatic rings. The van der Waals surface area contributed by atoms with E-state index in [0.717, 1.165) is 5.75 Å². The quantitative estimate of drug-likeness (QED) is 0.896. The maximum atomic E-state index is 9.37. The number of hydrogen-bond donors (Lipinski definition) is 1. The number of ether oxygens (including phenoxy) is 1. The Balaban J connectivity index is 2.18. The van der Waals surface area contributed by atoms with E-state index in [2.05, 4.69) is 11.1 Å². The van der Waals surface area contributed by atoms with Gasteiger partial charge in [-0.25, -0.2) is 0 Å². The van der Waals surface area contributed by atoms with Gasteiger partial charge >= 0.3 is 0 Å². The van der Waals surface area contributed by atoms with E-state index in [0.29, 0.717) is 11.4 Å². The first-order valence-electron chi connectivity index (χ1n) is 5.95. The van der Waals surface area contributed by atoms with E-state index in [-0.39, 0.29) is 0 Å². The van der Waals surface area contributed by atoms with Crippen LogP contribution < -0.4 is 4.74 Å². The minimum Gasteiger partial charge on any atom is -0.456 e. The summed E-state index contributed by atoms with van der Waals surface area (Å²) in [5, 5.41) is 9.37. The highest BCUT2D eigenvalue weighted by Crippen LogP contribution is 2.23. The molecule has 0 aliphatic carbocycles. The van der Waals surface area contributed by atoms with Crippen molar-refractivity contribution in [2.75, 3.05) is 0 Å². The zero-order valence-corrected chi connectivity index (χ0v) is 10.8. The first-order valence-corrected chi connectivity index (χ1v) is 5.95. The van der Waals surface area contributed by atoms with Gasteiger partial charge in [-0.2, -0.15) is 0 Å². The second-order valence-electron chi connectivity index (χ2n) is 4.52. The van der Waals surface area contributed by atoms with Crippen molar-refractivity contribution in [1.29, 1.82) is 0 Å². The molecule has 0 fully saturated rings. The van der Waals surface area contributed by atoms with Gasteiger partial charge in [0.25, 0.3) is 0 Å². The molecule has 3 nitrogen and oxygen atoms in total. The van der Waals surface area contributed by atoms with Crippen LogP contribution in [0.5, 0.6) is 11.5 Å². The van der Waals surface area contributed by atoms with E-state index in [1.807, 2.05) is 32.0 Å². The first-order chi connectivity index (χ1) is 8.54. The lowest BCUT2D eigenvalue weighted by atomic mass is 10.1. The Morgan fingerprint density at radius 1 is 1.06 bits per heavy atom. The average Bonchev–Trinajstić information content (AvgIpc) is 2.28. The Kier molecular flexibility index (Phi) is 3.63. The molecule has 1 atom stereocenters. The molecule has 0 saturated heterocycles. The number of nitrogens with zero attached hydrogens (tertiary/aromatic N) is 1. The summed E-state index contributed by atoms with van der Waals surface area (Å²) in [5.41, 5.74) is 2.97. The molecule has 0 radical (unpaired) electrons. The van der Waals surface area contributed by atoms with Gasteiger partial charge in [0.2, 0.25) is 0 Å². The van der Waals surface area contributed by atoms with E-state index >= 15 is 0 Å². The van der Waals surface area contributed by atoms with Crippen molar-refractivity contribution in [1.82, 2.24) is 4.98 Å². The van der Waals surface area contributed by atoms with Gasteiger partial charge in [-0.1, -0.05) is 6.07 Å². The Bertz CT molecular complexity index is 512. The summed E-state index contributed by atoms with van der Waals surface area (Å²) in [6.45, 7) is 5.76. The number of pyridine rings is 1. The molecule has 0 saturated carbocycles. The lowest BCUT2D eigenvalue weighted by Gasteiger charge is -2.09. The summed E-state index contributed by atoms with van der Waals surface area (Å²) in [4.78, 5) is 4.14. The van der Waals surface area contributed by atoms with Crippen LogP contribution in [0.25, 0.3) is 0 Å². The molecule has 1 aromatic carbocycles. The number of rotatable bonds is 3. The topological polar surface area (TPSA) is 42.4 Å². The molecule has 2 rings (SSSR count). The largest absolute Gasteiger partial charge is 0.456 e. The predicted molar refractivity (Wildman–Crippen MR) is 70.9 cm³/mol. The van der Waals surface area contributed by atoms with Gasteiger partial charge in [0.15, 0.2) is 0 Å². The van der Waals surface area contributed by atoms with Crippen LogP contribution in [0.1, 0.15) is 29.8 Å². The summed E-state index contributed by atoms with van der Waals surface area (Å²) in [5.74, 6) is 1.48. The van der Waals surface area contributed by atoms with Gasteiger partial charge in [-0.05, 0) is 56.2 Å². The molecule has 94 valence electrons. The van der Waals surface area contributed by atoms with Crippen LogP contribution in [0.2, 0.25) is 0 Å². The molecule has 18 heavy (non-hydrogen) atoms. The smallest absolute Gasteiger partial charge is 0.145 e. The van der Waals surface area contributed by atoms with Crippen molar-refractivity contribution in [3.05, 3.63) is 53.3 Å². The lowest BCUT2D eigenvalue weighted by molar-refractivity contribution is 0.194. The average molecular weight is 243 g/mol. The van der Waals surface area contributed by atoms with E-state index in [9.17, 15) is 5.11 Å². The van der Waals surface area contributed by atoms with Crippen LogP contribution in [0, 0.1) is 13.8 Å². The minimum atomic E-state index is -0.555. The van der Waals surface area contributed by atoms with Crippen molar-refractivity contribution in [3.63, 3.8) is 0 Å². The molecule has 0 amide bonds. The Morgan fingerprint density at radius 3 is 2.22 bits per heavy atom. The zero-order valence-electron chi connectivity index (χ0n) is 10.8. The summed E-state index contributed by atoms with van der Waals surface area (Å²) in [7, 11) is 0. The normalized spacial score (nSPS) is 12.2. The Labute approximate surface area is 107 Å². The molecule has 0 unspecified atom stereocenters. The summed E-state index contributed by atoms with van der Waals surface area (Å²) < 4.78 is 5.73. The number of hydrogen-bond acceptors (Lipinski definition) is 3. The maximum absolute atomic E-state index is 9.37. The third-order valence-corrected chi connectivity index (χ3v) is 2.62. The Hall–Kier alpha value is -1.87. The third-order valence-electron chi connectivity index (χ3n) is 2.62. The molecular formula is C15H17NO2. The highest BCUT2D eigenvalue weighted by atomic mass is 16.5. The van der Waals surface area contributed by atoms with Crippen LogP contribution in [0.4, 0.5) is 0 Å². The molecule has 0 bridgehead atoms. The highest BCUT2D eigenvalue weighted by Gasteiger charge is 2.03. The van der Waals surface area contributed by atoms with Gasteiger partial charge in [0.05, 0.1) is 18.0 Å². The van der Waals surface area contributed by atoms with Gasteiger partial charge in [-0.3, -0.25) is 4.98 Å². The minimum absolute atomic E-state index is 0.555. The van der Waals surface area contributed by atoms with Crippen molar-refractivity contribution < 1.29 is 9.84 Å². The molecule has 2 aromatic rings. The third kappa shape index (κ3) is 3.08. The highest BCUT2D eigenvalue weighted by molar-refractivity contribution is 5.36. The maximum Gasteiger partial charge on any atom is 0.145 e. The number of aliphatic hydroxyl groups is 1. The number of benzene rings is 1. The Morgan fingerprint density at radius 2 is 1.72 bits per heavy atom. The second-order valence-corrected chi connectivity index (χ2v) is 4.52.